The number of aryl methyl sites for hydroxylation is 2. The van der Waals surface area contributed by atoms with Gasteiger partial charge in [-0.05, 0) is 38.0 Å². The lowest BCUT2D eigenvalue weighted by Crippen LogP contribution is -2.41. The molecule has 120 valence electrons. The van der Waals surface area contributed by atoms with E-state index in [0.29, 0.717) is 12.1 Å². The minimum absolute atomic E-state index is 0.0223. The van der Waals surface area contributed by atoms with Gasteiger partial charge in [0.25, 0.3) is 0 Å². The van der Waals surface area contributed by atoms with Gasteiger partial charge in [0.15, 0.2) is 0 Å². The standard InChI is InChI=1S/C15H21N3O3S/c1-11-6-4-5-9-18(11)22(20,21)12-7-8-13-14(10-12)17(3)15(19)16(13)2/h7-8,10-11H,4-6,9H2,1-3H3. The topological polar surface area (TPSA) is 64.3 Å². The molecule has 0 bridgehead atoms. The Bertz CT molecular complexity index is 879. The Kier molecular flexibility index (Phi) is 3.65. The van der Waals surface area contributed by atoms with Gasteiger partial charge in [-0.3, -0.25) is 9.13 Å². The van der Waals surface area contributed by atoms with Gasteiger partial charge in [0.1, 0.15) is 0 Å². The third-order valence-corrected chi connectivity index (χ3v) is 6.60. The Balaban J connectivity index is 2.13. The van der Waals surface area contributed by atoms with Crippen molar-refractivity contribution in [2.24, 2.45) is 14.1 Å². The molecule has 1 aromatic carbocycles. The van der Waals surface area contributed by atoms with E-state index in [1.807, 2.05) is 6.92 Å². The van der Waals surface area contributed by atoms with Gasteiger partial charge in [-0.15, -0.1) is 0 Å². The summed E-state index contributed by atoms with van der Waals surface area (Å²) in [6, 6.07) is 4.93. The van der Waals surface area contributed by atoms with Gasteiger partial charge in [-0.25, -0.2) is 13.2 Å². The van der Waals surface area contributed by atoms with Crippen LogP contribution in [0.3, 0.4) is 0 Å². The number of imidazole rings is 1. The van der Waals surface area contributed by atoms with Crippen LogP contribution in [0.1, 0.15) is 26.2 Å². The maximum atomic E-state index is 12.9. The number of hydrogen-bond acceptors (Lipinski definition) is 3. The van der Waals surface area contributed by atoms with Crippen molar-refractivity contribution in [2.45, 2.75) is 37.1 Å². The van der Waals surface area contributed by atoms with Crippen LogP contribution >= 0.6 is 0 Å². The zero-order chi connectivity index (χ0) is 16.1. The lowest BCUT2D eigenvalue weighted by Gasteiger charge is -2.32. The van der Waals surface area contributed by atoms with Crippen LogP contribution < -0.4 is 5.69 Å². The summed E-state index contributed by atoms with van der Waals surface area (Å²) in [6.45, 7) is 2.52. The van der Waals surface area contributed by atoms with Crippen molar-refractivity contribution in [3.05, 3.63) is 28.7 Å². The van der Waals surface area contributed by atoms with Gasteiger partial charge in [0.05, 0.1) is 15.9 Å². The van der Waals surface area contributed by atoms with Crippen LogP contribution in [0, 0.1) is 0 Å². The summed E-state index contributed by atoms with van der Waals surface area (Å²) in [7, 11) is -0.171. The maximum Gasteiger partial charge on any atom is 0.328 e. The highest BCUT2D eigenvalue weighted by atomic mass is 32.2. The molecule has 1 saturated heterocycles. The normalized spacial score (nSPS) is 20.6. The number of rotatable bonds is 2. The van der Waals surface area contributed by atoms with Gasteiger partial charge in [-0.1, -0.05) is 6.42 Å². The highest BCUT2D eigenvalue weighted by Gasteiger charge is 2.31. The van der Waals surface area contributed by atoms with E-state index < -0.39 is 10.0 Å². The molecule has 22 heavy (non-hydrogen) atoms. The molecule has 1 unspecified atom stereocenters. The Morgan fingerprint density at radius 2 is 1.77 bits per heavy atom. The van der Waals surface area contributed by atoms with E-state index in [1.165, 1.54) is 9.13 Å². The summed E-state index contributed by atoms with van der Waals surface area (Å²) in [5.74, 6) is 0. The Hall–Kier alpha value is -1.60. The average Bonchev–Trinajstić information content (AvgIpc) is 2.72. The second kappa shape index (κ2) is 5.24. The second-order valence-electron chi connectivity index (χ2n) is 6.01. The first-order valence-corrected chi connectivity index (χ1v) is 8.95. The first kappa shape index (κ1) is 15.3. The van der Waals surface area contributed by atoms with E-state index >= 15 is 0 Å². The number of aromatic nitrogens is 2. The van der Waals surface area contributed by atoms with Crippen molar-refractivity contribution < 1.29 is 8.42 Å². The third-order valence-electron chi connectivity index (χ3n) is 4.59. The Morgan fingerprint density at radius 3 is 2.45 bits per heavy atom. The molecule has 1 aliphatic heterocycles. The van der Waals surface area contributed by atoms with Crippen LogP contribution in [0.2, 0.25) is 0 Å². The molecule has 2 heterocycles. The molecule has 3 rings (SSSR count). The number of nitrogens with zero attached hydrogens (tertiary/aromatic N) is 3. The van der Waals surface area contributed by atoms with Crippen LogP contribution in [-0.4, -0.2) is 34.4 Å². The van der Waals surface area contributed by atoms with Gasteiger partial charge in [-0.2, -0.15) is 4.31 Å². The molecule has 0 amide bonds. The SMILES string of the molecule is CC1CCCCN1S(=O)(=O)c1ccc2c(c1)n(C)c(=O)n2C. The second-order valence-corrected chi connectivity index (χ2v) is 7.90. The number of fused-ring (bicyclic) bond motifs is 1. The summed E-state index contributed by atoms with van der Waals surface area (Å²) in [5.41, 5.74) is 1.22. The van der Waals surface area contributed by atoms with Crippen molar-refractivity contribution in [3.63, 3.8) is 0 Å². The molecular weight excluding hydrogens is 302 g/mol. The number of sulfonamides is 1. The fraction of sp³-hybridized carbons (Fsp3) is 0.533. The molecule has 1 atom stereocenters. The highest BCUT2D eigenvalue weighted by Crippen LogP contribution is 2.26. The molecule has 0 aliphatic carbocycles. The summed E-state index contributed by atoms with van der Waals surface area (Å²) < 4.78 is 30.3. The molecule has 1 aromatic heterocycles. The molecular formula is C15H21N3O3S. The third kappa shape index (κ3) is 2.19. The Morgan fingerprint density at radius 1 is 1.09 bits per heavy atom. The van der Waals surface area contributed by atoms with Crippen LogP contribution in [0.25, 0.3) is 11.0 Å². The van der Waals surface area contributed by atoms with Gasteiger partial charge >= 0.3 is 5.69 Å². The fourth-order valence-corrected chi connectivity index (χ4v) is 4.93. The van der Waals surface area contributed by atoms with E-state index in [9.17, 15) is 13.2 Å². The van der Waals surface area contributed by atoms with E-state index in [4.69, 9.17) is 0 Å². The first-order valence-electron chi connectivity index (χ1n) is 7.51. The molecule has 0 spiro atoms. The predicted molar refractivity (Wildman–Crippen MR) is 85.4 cm³/mol. The van der Waals surface area contributed by atoms with Gasteiger partial charge < -0.3 is 0 Å². The van der Waals surface area contributed by atoms with E-state index in [-0.39, 0.29) is 16.6 Å². The summed E-state index contributed by atoms with van der Waals surface area (Å²) >= 11 is 0. The molecule has 6 nitrogen and oxygen atoms in total. The maximum absolute atomic E-state index is 12.9. The molecule has 0 saturated carbocycles. The zero-order valence-electron chi connectivity index (χ0n) is 13.1. The number of hydrogen-bond donors (Lipinski definition) is 0. The predicted octanol–water partition coefficient (Wildman–Crippen LogP) is 1.44. The molecule has 1 aliphatic rings. The number of benzene rings is 1. The minimum atomic E-state index is -3.51. The molecule has 2 aromatic rings. The molecule has 0 radical (unpaired) electrons. The van der Waals surface area contributed by atoms with Gasteiger partial charge in [0, 0.05) is 26.7 Å². The van der Waals surface area contributed by atoms with E-state index in [2.05, 4.69) is 0 Å². The van der Waals surface area contributed by atoms with E-state index in [1.54, 1.807) is 36.6 Å². The Labute approximate surface area is 130 Å². The molecule has 7 heteroatoms. The summed E-state index contributed by atoms with van der Waals surface area (Å²) in [5, 5.41) is 0. The van der Waals surface area contributed by atoms with Gasteiger partial charge in [0.2, 0.25) is 10.0 Å². The summed E-state index contributed by atoms with van der Waals surface area (Å²) in [4.78, 5) is 12.2. The van der Waals surface area contributed by atoms with Crippen molar-refractivity contribution in [1.82, 2.24) is 13.4 Å². The van der Waals surface area contributed by atoms with E-state index in [0.717, 1.165) is 24.8 Å². The van der Waals surface area contributed by atoms with Crippen LogP contribution in [-0.2, 0) is 24.1 Å². The first-order chi connectivity index (χ1) is 10.3. The van der Waals surface area contributed by atoms with Crippen molar-refractivity contribution in [1.29, 1.82) is 0 Å². The zero-order valence-corrected chi connectivity index (χ0v) is 13.9. The smallest absolute Gasteiger partial charge is 0.295 e. The lowest BCUT2D eigenvalue weighted by atomic mass is 10.1. The summed E-state index contributed by atoms with van der Waals surface area (Å²) in [6.07, 6.45) is 2.86. The van der Waals surface area contributed by atoms with Crippen LogP contribution in [0.5, 0.6) is 0 Å². The monoisotopic (exact) mass is 323 g/mol. The van der Waals surface area contributed by atoms with Crippen LogP contribution in [0.4, 0.5) is 0 Å². The van der Waals surface area contributed by atoms with Crippen molar-refractivity contribution in [3.8, 4) is 0 Å². The quantitative estimate of drug-likeness (QED) is 0.840. The van der Waals surface area contributed by atoms with Crippen LogP contribution in [0.15, 0.2) is 27.9 Å². The highest BCUT2D eigenvalue weighted by molar-refractivity contribution is 7.89. The minimum Gasteiger partial charge on any atom is -0.295 e. The molecule has 1 fully saturated rings. The number of piperidine rings is 1. The average molecular weight is 323 g/mol. The lowest BCUT2D eigenvalue weighted by molar-refractivity contribution is 0.268. The van der Waals surface area contributed by atoms with Crippen molar-refractivity contribution in [2.75, 3.05) is 6.54 Å². The van der Waals surface area contributed by atoms with Crippen molar-refractivity contribution >= 4 is 21.1 Å². The molecule has 0 N–H and O–H groups in total. The fourth-order valence-electron chi connectivity index (χ4n) is 3.21. The largest absolute Gasteiger partial charge is 0.328 e.